The van der Waals surface area contributed by atoms with Crippen molar-refractivity contribution in [3.8, 4) is 0 Å². The molecule has 0 spiro atoms. The van der Waals surface area contributed by atoms with Gasteiger partial charge in [0.15, 0.2) is 0 Å². The molecule has 0 radical (unpaired) electrons. The van der Waals surface area contributed by atoms with Crippen LogP contribution in [-0.4, -0.2) is 49.4 Å². The number of hydrogen-bond acceptors (Lipinski definition) is 3. The quantitative estimate of drug-likeness (QED) is 0.920. The molecule has 1 saturated heterocycles. The molecule has 0 unspecified atom stereocenters. The average molecular weight is 351 g/mol. The predicted molar refractivity (Wildman–Crippen MR) is 103 cm³/mol. The fraction of sp³-hybridized carbons (Fsp3) is 0.333. The fourth-order valence-electron chi connectivity index (χ4n) is 3.19. The summed E-state index contributed by atoms with van der Waals surface area (Å²) in [4.78, 5) is 28.7. The Kier molecular flexibility index (Phi) is 5.56. The third-order valence-corrected chi connectivity index (χ3v) is 4.68. The van der Waals surface area contributed by atoms with Crippen LogP contribution < -0.4 is 10.2 Å². The zero-order valence-corrected chi connectivity index (χ0v) is 15.4. The molecule has 1 fully saturated rings. The van der Waals surface area contributed by atoms with E-state index in [2.05, 4.69) is 41.4 Å². The first kappa shape index (κ1) is 18.0. The summed E-state index contributed by atoms with van der Waals surface area (Å²) >= 11 is 0. The number of piperazine rings is 1. The van der Waals surface area contributed by atoms with Gasteiger partial charge in [0.25, 0.3) is 5.91 Å². The van der Waals surface area contributed by atoms with Crippen LogP contribution in [0.25, 0.3) is 0 Å². The minimum absolute atomic E-state index is 0.0325. The number of nitrogens with one attached hydrogen (secondary N) is 1. The molecule has 0 aromatic heterocycles. The summed E-state index contributed by atoms with van der Waals surface area (Å²) in [5, 5.41) is 2.73. The first-order valence-corrected chi connectivity index (χ1v) is 8.97. The zero-order valence-electron chi connectivity index (χ0n) is 15.4. The fourth-order valence-corrected chi connectivity index (χ4v) is 3.19. The molecule has 0 bridgehead atoms. The summed E-state index contributed by atoms with van der Waals surface area (Å²) in [6.45, 7) is 7.02. The van der Waals surface area contributed by atoms with Gasteiger partial charge in [0.2, 0.25) is 5.91 Å². The van der Waals surface area contributed by atoms with Crippen molar-refractivity contribution in [3.63, 3.8) is 0 Å². The minimum Gasteiger partial charge on any atom is -0.368 e. The van der Waals surface area contributed by atoms with Crippen molar-refractivity contribution < 1.29 is 9.59 Å². The second kappa shape index (κ2) is 8.04. The summed E-state index contributed by atoms with van der Waals surface area (Å²) in [5.74, 6) is -0.240. The lowest BCUT2D eigenvalue weighted by atomic mass is 10.1. The molecule has 0 saturated carbocycles. The maximum atomic E-state index is 12.4. The second-order valence-corrected chi connectivity index (χ2v) is 6.76. The van der Waals surface area contributed by atoms with E-state index in [0.29, 0.717) is 18.7 Å². The van der Waals surface area contributed by atoms with Crippen LogP contribution in [0.15, 0.2) is 48.5 Å². The number of nitrogens with zero attached hydrogens (tertiary/aromatic N) is 2. The Morgan fingerprint density at radius 1 is 0.923 bits per heavy atom. The van der Waals surface area contributed by atoms with Crippen molar-refractivity contribution in [2.24, 2.45) is 0 Å². The van der Waals surface area contributed by atoms with Crippen molar-refractivity contribution >= 4 is 17.5 Å². The molecule has 5 heteroatoms. The molecule has 2 aromatic rings. The van der Waals surface area contributed by atoms with Gasteiger partial charge in [-0.2, -0.15) is 0 Å². The number of carbonyl (C=O) groups is 2. The highest BCUT2D eigenvalue weighted by molar-refractivity contribution is 5.96. The molecule has 2 aromatic carbocycles. The topological polar surface area (TPSA) is 52.7 Å². The average Bonchev–Trinajstić information content (AvgIpc) is 2.66. The van der Waals surface area contributed by atoms with Crippen LogP contribution in [0.5, 0.6) is 0 Å². The largest absolute Gasteiger partial charge is 0.368 e. The van der Waals surface area contributed by atoms with Gasteiger partial charge >= 0.3 is 0 Å². The van der Waals surface area contributed by atoms with E-state index in [-0.39, 0.29) is 18.4 Å². The Hall–Kier alpha value is -2.82. The zero-order chi connectivity index (χ0) is 18.5. The van der Waals surface area contributed by atoms with Crippen molar-refractivity contribution in [1.82, 2.24) is 10.2 Å². The Morgan fingerprint density at radius 2 is 1.58 bits per heavy atom. The van der Waals surface area contributed by atoms with E-state index in [1.165, 1.54) is 11.3 Å². The van der Waals surface area contributed by atoms with Crippen LogP contribution in [0.1, 0.15) is 21.5 Å². The number of hydrogen-bond donors (Lipinski definition) is 1. The van der Waals surface area contributed by atoms with Crippen LogP contribution in [0.3, 0.4) is 0 Å². The lowest BCUT2D eigenvalue weighted by Crippen LogP contribution is -2.51. The van der Waals surface area contributed by atoms with Crippen LogP contribution in [0.4, 0.5) is 5.69 Å². The van der Waals surface area contributed by atoms with Crippen molar-refractivity contribution in [3.05, 3.63) is 65.2 Å². The lowest BCUT2D eigenvalue weighted by molar-refractivity contribution is -0.130. The van der Waals surface area contributed by atoms with Crippen LogP contribution >= 0.6 is 0 Å². The van der Waals surface area contributed by atoms with Gasteiger partial charge in [-0.25, -0.2) is 0 Å². The monoisotopic (exact) mass is 351 g/mol. The SMILES string of the molecule is Cc1cccc(C(=O)NCC(=O)N2CCN(c3cccc(C)c3)CC2)c1. The molecule has 1 heterocycles. The summed E-state index contributed by atoms with van der Waals surface area (Å²) in [5.41, 5.74) is 4.04. The highest BCUT2D eigenvalue weighted by Gasteiger charge is 2.21. The molecule has 0 aliphatic carbocycles. The first-order valence-electron chi connectivity index (χ1n) is 8.97. The summed E-state index contributed by atoms with van der Waals surface area (Å²) in [6, 6.07) is 15.8. The molecule has 26 heavy (non-hydrogen) atoms. The molecular weight excluding hydrogens is 326 g/mol. The van der Waals surface area contributed by atoms with Crippen LogP contribution in [-0.2, 0) is 4.79 Å². The van der Waals surface area contributed by atoms with Crippen molar-refractivity contribution in [2.75, 3.05) is 37.6 Å². The Labute approximate surface area is 154 Å². The Balaban J connectivity index is 1.48. The molecule has 2 amide bonds. The van der Waals surface area contributed by atoms with Gasteiger partial charge in [0.05, 0.1) is 6.54 Å². The summed E-state index contributed by atoms with van der Waals surface area (Å²) in [6.07, 6.45) is 0. The van der Waals surface area contributed by atoms with Crippen LogP contribution in [0.2, 0.25) is 0 Å². The van der Waals surface area contributed by atoms with E-state index in [4.69, 9.17) is 0 Å². The Morgan fingerprint density at radius 3 is 2.23 bits per heavy atom. The molecule has 1 aliphatic heterocycles. The number of rotatable bonds is 4. The normalized spacial score (nSPS) is 14.2. The van der Waals surface area contributed by atoms with Gasteiger partial charge in [-0.05, 0) is 43.7 Å². The number of benzene rings is 2. The Bertz CT molecular complexity index is 795. The van der Waals surface area contributed by atoms with E-state index in [0.717, 1.165) is 18.7 Å². The maximum absolute atomic E-state index is 12.4. The van der Waals surface area contributed by atoms with E-state index >= 15 is 0 Å². The van der Waals surface area contributed by atoms with E-state index in [9.17, 15) is 9.59 Å². The minimum atomic E-state index is -0.208. The van der Waals surface area contributed by atoms with E-state index in [1.807, 2.05) is 30.0 Å². The number of anilines is 1. The summed E-state index contributed by atoms with van der Waals surface area (Å²) < 4.78 is 0. The molecule has 3 rings (SSSR count). The molecule has 5 nitrogen and oxygen atoms in total. The predicted octanol–water partition coefficient (Wildman–Crippen LogP) is 2.38. The van der Waals surface area contributed by atoms with Crippen LogP contribution in [0, 0.1) is 13.8 Å². The molecule has 136 valence electrons. The molecular formula is C21H25N3O2. The van der Waals surface area contributed by atoms with Crippen molar-refractivity contribution in [2.45, 2.75) is 13.8 Å². The molecule has 0 atom stereocenters. The standard InChI is InChI=1S/C21H25N3O2/c1-16-5-3-7-18(13-16)21(26)22-15-20(25)24-11-9-23(10-12-24)19-8-4-6-17(2)14-19/h3-8,13-14H,9-12,15H2,1-2H3,(H,22,26). The maximum Gasteiger partial charge on any atom is 0.251 e. The number of aryl methyl sites for hydroxylation is 2. The third kappa shape index (κ3) is 4.42. The summed E-state index contributed by atoms with van der Waals surface area (Å²) in [7, 11) is 0. The number of carbonyl (C=O) groups excluding carboxylic acids is 2. The van der Waals surface area contributed by atoms with Gasteiger partial charge < -0.3 is 15.1 Å². The van der Waals surface area contributed by atoms with Gasteiger partial charge in [0, 0.05) is 37.4 Å². The first-order chi connectivity index (χ1) is 12.5. The third-order valence-electron chi connectivity index (χ3n) is 4.68. The van der Waals surface area contributed by atoms with E-state index < -0.39 is 0 Å². The second-order valence-electron chi connectivity index (χ2n) is 6.76. The molecule has 1 N–H and O–H groups in total. The van der Waals surface area contributed by atoms with Gasteiger partial charge in [-0.1, -0.05) is 29.8 Å². The van der Waals surface area contributed by atoms with Gasteiger partial charge in [-0.3, -0.25) is 9.59 Å². The highest BCUT2D eigenvalue weighted by atomic mass is 16.2. The van der Waals surface area contributed by atoms with Gasteiger partial charge in [-0.15, -0.1) is 0 Å². The van der Waals surface area contributed by atoms with E-state index in [1.54, 1.807) is 6.07 Å². The van der Waals surface area contributed by atoms with Crippen molar-refractivity contribution in [1.29, 1.82) is 0 Å². The van der Waals surface area contributed by atoms with Gasteiger partial charge in [0.1, 0.15) is 0 Å². The smallest absolute Gasteiger partial charge is 0.251 e. The lowest BCUT2D eigenvalue weighted by Gasteiger charge is -2.36. The molecule has 1 aliphatic rings. The highest BCUT2D eigenvalue weighted by Crippen LogP contribution is 2.17. The number of amides is 2.